The molecular formula is C8H13NO3. The second-order valence-corrected chi connectivity index (χ2v) is 2.95. The first-order chi connectivity index (χ1) is 5.66. The molecule has 1 saturated heterocycles. The third-order valence-corrected chi connectivity index (χ3v) is 1.99. The predicted molar refractivity (Wildman–Crippen MR) is 42.3 cm³/mol. The number of rotatable bonds is 2. The van der Waals surface area contributed by atoms with E-state index in [1.54, 1.807) is 6.92 Å². The standard InChI is InChI=1S/C8H13NO3/c1-3-12-8(11)6-5(2)4-9-7(6)10/h5-6H,3-4H2,1-2H3,(H,9,10). The smallest absolute Gasteiger partial charge is 0.318 e. The second-order valence-electron chi connectivity index (χ2n) is 2.95. The lowest BCUT2D eigenvalue weighted by Crippen LogP contribution is -2.28. The van der Waals surface area contributed by atoms with Gasteiger partial charge in [0, 0.05) is 6.54 Å². The monoisotopic (exact) mass is 171 g/mol. The van der Waals surface area contributed by atoms with E-state index in [2.05, 4.69) is 5.32 Å². The van der Waals surface area contributed by atoms with Gasteiger partial charge in [0.15, 0.2) is 0 Å². The van der Waals surface area contributed by atoms with Crippen molar-refractivity contribution in [2.24, 2.45) is 11.8 Å². The van der Waals surface area contributed by atoms with Gasteiger partial charge in [-0.05, 0) is 12.8 Å². The number of hydrogen-bond donors (Lipinski definition) is 1. The minimum Gasteiger partial charge on any atom is -0.465 e. The Labute approximate surface area is 71.3 Å². The summed E-state index contributed by atoms with van der Waals surface area (Å²) < 4.78 is 4.77. The normalized spacial score (nSPS) is 28.3. The largest absolute Gasteiger partial charge is 0.465 e. The maximum absolute atomic E-state index is 11.2. The van der Waals surface area contributed by atoms with Crippen LogP contribution >= 0.6 is 0 Å². The average molecular weight is 171 g/mol. The summed E-state index contributed by atoms with van der Waals surface area (Å²) in [7, 11) is 0. The van der Waals surface area contributed by atoms with Crippen molar-refractivity contribution in [2.75, 3.05) is 13.2 Å². The molecule has 1 rings (SSSR count). The highest BCUT2D eigenvalue weighted by atomic mass is 16.5. The van der Waals surface area contributed by atoms with Crippen LogP contribution in [0.25, 0.3) is 0 Å². The first-order valence-corrected chi connectivity index (χ1v) is 4.11. The SMILES string of the molecule is CCOC(=O)C1C(=O)NCC1C. The Hall–Kier alpha value is -1.06. The van der Waals surface area contributed by atoms with Gasteiger partial charge >= 0.3 is 5.97 Å². The van der Waals surface area contributed by atoms with Gasteiger partial charge in [-0.2, -0.15) is 0 Å². The van der Waals surface area contributed by atoms with Gasteiger partial charge in [-0.25, -0.2) is 0 Å². The summed E-state index contributed by atoms with van der Waals surface area (Å²) >= 11 is 0. The van der Waals surface area contributed by atoms with Gasteiger partial charge < -0.3 is 10.1 Å². The van der Waals surface area contributed by atoms with E-state index in [-0.39, 0.29) is 11.8 Å². The maximum Gasteiger partial charge on any atom is 0.318 e. The van der Waals surface area contributed by atoms with Crippen molar-refractivity contribution in [3.63, 3.8) is 0 Å². The quantitative estimate of drug-likeness (QED) is 0.467. The Kier molecular flexibility index (Phi) is 2.68. The lowest BCUT2D eigenvalue weighted by molar-refractivity contribution is -0.151. The van der Waals surface area contributed by atoms with E-state index in [1.165, 1.54) is 0 Å². The molecule has 0 aromatic carbocycles. The van der Waals surface area contributed by atoms with Crippen molar-refractivity contribution in [3.8, 4) is 0 Å². The number of ether oxygens (including phenoxy) is 1. The van der Waals surface area contributed by atoms with E-state index in [4.69, 9.17) is 4.74 Å². The molecule has 0 aromatic heterocycles. The fourth-order valence-electron chi connectivity index (χ4n) is 1.32. The van der Waals surface area contributed by atoms with Crippen LogP contribution in [-0.4, -0.2) is 25.0 Å². The van der Waals surface area contributed by atoms with Crippen LogP contribution < -0.4 is 5.32 Å². The van der Waals surface area contributed by atoms with E-state index in [0.717, 1.165) is 0 Å². The summed E-state index contributed by atoms with van der Waals surface area (Å²) in [5.41, 5.74) is 0. The number of amides is 1. The number of carbonyl (C=O) groups is 2. The minimum absolute atomic E-state index is 0.0524. The van der Waals surface area contributed by atoms with Crippen molar-refractivity contribution in [1.82, 2.24) is 5.32 Å². The van der Waals surface area contributed by atoms with E-state index in [0.29, 0.717) is 13.2 Å². The van der Waals surface area contributed by atoms with Crippen molar-refractivity contribution in [1.29, 1.82) is 0 Å². The fraction of sp³-hybridized carbons (Fsp3) is 0.750. The maximum atomic E-state index is 11.2. The van der Waals surface area contributed by atoms with E-state index in [9.17, 15) is 9.59 Å². The molecule has 0 aliphatic carbocycles. The molecule has 1 N–H and O–H groups in total. The highest BCUT2D eigenvalue weighted by Crippen LogP contribution is 2.18. The zero-order chi connectivity index (χ0) is 9.14. The molecule has 4 heteroatoms. The van der Waals surface area contributed by atoms with E-state index < -0.39 is 11.9 Å². The zero-order valence-corrected chi connectivity index (χ0v) is 7.29. The molecule has 68 valence electrons. The molecule has 2 unspecified atom stereocenters. The Morgan fingerprint density at radius 1 is 1.75 bits per heavy atom. The first-order valence-electron chi connectivity index (χ1n) is 4.11. The molecule has 1 heterocycles. The van der Waals surface area contributed by atoms with Crippen LogP contribution in [0, 0.1) is 11.8 Å². The highest BCUT2D eigenvalue weighted by Gasteiger charge is 2.38. The minimum atomic E-state index is -0.593. The summed E-state index contributed by atoms with van der Waals surface area (Å²) in [5, 5.41) is 2.62. The van der Waals surface area contributed by atoms with Gasteiger partial charge in [0.1, 0.15) is 5.92 Å². The van der Waals surface area contributed by atoms with Crippen LogP contribution in [0.4, 0.5) is 0 Å². The molecule has 1 amide bonds. The second kappa shape index (κ2) is 3.56. The molecule has 1 aliphatic rings. The third kappa shape index (κ3) is 1.57. The molecule has 12 heavy (non-hydrogen) atoms. The Morgan fingerprint density at radius 2 is 2.42 bits per heavy atom. The number of esters is 1. The van der Waals surface area contributed by atoms with Gasteiger partial charge in [-0.15, -0.1) is 0 Å². The molecule has 0 spiro atoms. The van der Waals surface area contributed by atoms with Gasteiger partial charge in [0.05, 0.1) is 6.61 Å². The molecule has 0 bridgehead atoms. The fourth-order valence-corrected chi connectivity index (χ4v) is 1.32. The van der Waals surface area contributed by atoms with Crippen molar-refractivity contribution in [3.05, 3.63) is 0 Å². The lowest BCUT2D eigenvalue weighted by atomic mass is 9.98. The van der Waals surface area contributed by atoms with Crippen molar-refractivity contribution >= 4 is 11.9 Å². The third-order valence-electron chi connectivity index (χ3n) is 1.99. The summed E-state index contributed by atoms with van der Waals surface area (Å²) in [5.74, 6) is -1.15. The molecule has 4 nitrogen and oxygen atoms in total. The highest BCUT2D eigenvalue weighted by molar-refractivity contribution is 5.99. The van der Waals surface area contributed by atoms with Crippen LogP contribution in [0.2, 0.25) is 0 Å². The zero-order valence-electron chi connectivity index (χ0n) is 7.29. The number of nitrogens with one attached hydrogen (secondary N) is 1. The van der Waals surface area contributed by atoms with Crippen LogP contribution in [0.15, 0.2) is 0 Å². The number of carbonyl (C=O) groups excluding carboxylic acids is 2. The Balaban J connectivity index is 2.59. The summed E-state index contributed by atoms with van der Waals surface area (Å²) in [6, 6.07) is 0. The summed E-state index contributed by atoms with van der Waals surface area (Å²) in [6.45, 7) is 4.49. The molecule has 1 fully saturated rings. The summed E-state index contributed by atoms with van der Waals surface area (Å²) in [4.78, 5) is 22.3. The Morgan fingerprint density at radius 3 is 2.83 bits per heavy atom. The molecule has 1 aliphatic heterocycles. The topological polar surface area (TPSA) is 55.4 Å². The van der Waals surface area contributed by atoms with Crippen LogP contribution in [0.5, 0.6) is 0 Å². The molecule has 0 radical (unpaired) electrons. The van der Waals surface area contributed by atoms with Crippen LogP contribution in [-0.2, 0) is 14.3 Å². The molecular weight excluding hydrogens is 158 g/mol. The van der Waals surface area contributed by atoms with E-state index in [1.807, 2.05) is 6.92 Å². The van der Waals surface area contributed by atoms with Crippen LogP contribution in [0.3, 0.4) is 0 Å². The Bertz CT molecular complexity index is 202. The molecule has 0 aromatic rings. The van der Waals surface area contributed by atoms with Crippen LogP contribution in [0.1, 0.15) is 13.8 Å². The number of hydrogen-bond acceptors (Lipinski definition) is 3. The van der Waals surface area contributed by atoms with E-state index >= 15 is 0 Å². The van der Waals surface area contributed by atoms with Gasteiger partial charge in [-0.1, -0.05) is 6.92 Å². The lowest BCUT2D eigenvalue weighted by Gasteiger charge is -2.09. The van der Waals surface area contributed by atoms with Gasteiger partial charge in [-0.3, -0.25) is 9.59 Å². The van der Waals surface area contributed by atoms with Gasteiger partial charge in [0.2, 0.25) is 5.91 Å². The summed E-state index contributed by atoms with van der Waals surface area (Å²) in [6.07, 6.45) is 0. The molecule has 0 saturated carbocycles. The van der Waals surface area contributed by atoms with Gasteiger partial charge in [0.25, 0.3) is 0 Å². The van der Waals surface area contributed by atoms with Crippen molar-refractivity contribution < 1.29 is 14.3 Å². The predicted octanol–water partition coefficient (Wildman–Crippen LogP) is -0.0684. The first kappa shape index (κ1) is 9.03. The average Bonchev–Trinajstić information content (AvgIpc) is 2.32. The molecule has 2 atom stereocenters. The van der Waals surface area contributed by atoms with Crippen molar-refractivity contribution in [2.45, 2.75) is 13.8 Å².